The number of carbonyl (C=O) groups is 1. The van der Waals surface area contributed by atoms with E-state index in [1.54, 1.807) is 17.0 Å². The first-order chi connectivity index (χ1) is 12.2. The third-order valence-corrected chi connectivity index (χ3v) is 4.06. The zero-order valence-corrected chi connectivity index (χ0v) is 13.3. The van der Waals surface area contributed by atoms with Gasteiger partial charge in [0.05, 0.1) is 5.69 Å². The van der Waals surface area contributed by atoms with Crippen molar-refractivity contribution in [2.45, 2.75) is 6.54 Å². The van der Waals surface area contributed by atoms with Gasteiger partial charge in [-0.25, -0.2) is 9.97 Å². The van der Waals surface area contributed by atoms with Gasteiger partial charge in [0.1, 0.15) is 6.54 Å². The molecule has 0 saturated heterocycles. The summed E-state index contributed by atoms with van der Waals surface area (Å²) >= 11 is 0. The summed E-state index contributed by atoms with van der Waals surface area (Å²) in [4.78, 5) is 20.1. The van der Waals surface area contributed by atoms with Crippen LogP contribution in [0.5, 0.6) is 0 Å². The second-order valence-corrected chi connectivity index (χ2v) is 5.74. The number of carboxylic acids is 1. The fraction of sp³-hybridized carbons (Fsp3) is 0.0500. The van der Waals surface area contributed by atoms with E-state index in [-0.39, 0.29) is 6.54 Å². The fourth-order valence-corrected chi connectivity index (χ4v) is 2.87. The standard InChI is InChI=1S/C20H15N3O2/c24-19(25)13-23-11-9-15-6-7-16(12-18(15)23)20-21-10-8-17(22-20)14-4-2-1-3-5-14/h1-12H,13H2,(H,24,25). The first-order valence-electron chi connectivity index (χ1n) is 7.90. The summed E-state index contributed by atoms with van der Waals surface area (Å²) in [6.07, 6.45) is 3.52. The Balaban J connectivity index is 1.78. The van der Waals surface area contributed by atoms with Crippen molar-refractivity contribution in [1.82, 2.24) is 14.5 Å². The number of aromatic nitrogens is 3. The summed E-state index contributed by atoms with van der Waals surface area (Å²) in [7, 11) is 0. The zero-order chi connectivity index (χ0) is 17.2. The van der Waals surface area contributed by atoms with Crippen LogP contribution in [-0.4, -0.2) is 25.6 Å². The van der Waals surface area contributed by atoms with Crippen molar-refractivity contribution in [1.29, 1.82) is 0 Å². The van der Waals surface area contributed by atoms with Crippen molar-refractivity contribution in [2.24, 2.45) is 0 Å². The van der Waals surface area contributed by atoms with Crippen molar-refractivity contribution < 1.29 is 9.90 Å². The van der Waals surface area contributed by atoms with Crippen LogP contribution in [0.15, 0.2) is 73.1 Å². The van der Waals surface area contributed by atoms with E-state index in [2.05, 4.69) is 9.97 Å². The summed E-state index contributed by atoms with van der Waals surface area (Å²) in [6.45, 7) is -0.0716. The molecule has 1 N–H and O–H groups in total. The molecular formula is C20H15N3O2. The molecule has 0 saturated carbocycles. The van der Waals surface area contributed by atoms with Crippen LogP contribution in [0.2, 0.25) is 0 Å². The molecule has 25 heavy (non-hydrogen) atoms. The predicted molar refractivity (Wildman–Crippen MR) is 96.0 cm³/mol. The van der Waals surface area contributed by atoms with Gasteiger partial charge in [-0.05, 0) is 23.6 Å². The smallest absolute Gasteiger partial charge is 0.323 e. The molecule has 2 aromatic heterocycles. The average molecular weight is 329 g/mol. The first-order valence-corrected chi connectivity index (χ1v) is 7.90. The molecule has 0 amide bonds. The highest BCUT2D eigenvalue weighted by Gasteiger charge is 2.09. The van der Waals surface area contributed by atoms with Crippen molar-refractivity contribution in [3.63, 3.8) is 0 Å². The molecule has 5 nitrogen and oxygen atoms in total. The van der Waals surface area contributed by atoms with E-state index in [0.29, 0.717) is 5.82 Å². The van der Waals surface area contributed by atoms with E-state index < -0.39 is 5.97 Å². The molecule has 2 heterocycles. The molecule has 0 spiro atoms. The van der Waals surface area contributed by atoms with Gasteiger partial charge in [-0.2, -0.15) is 0 Å². The average Bonchev–Trinajstić information content (AvgIpc) is 3.04. The molecular weight excluding hydrogens is 314 g/mol. The number of aliphatic carboxylic acids is 1. The van der Waals surface area contributed by atoms with Crippen LogP contribution in [0.3, 0.4) is 0 Å². The number of carboxylic acid groups (broad SMARTS) is 1. The molecule has 0 atom stereocenters. The number of hydrogen-bond acceptors (Lipinski definition) is 3. The minimum atomic E-state index is -0.870. The van der Waals surface area contributed by atoms with Crippen LogP contribution in [0, 0.1) is 0 Å². The maximum Gasteiger partial charge on any atom is 0.323 e. The van der Waals surface area contributed by atoms with Gasteiger partial charge in [-0.1, -0.05) is 42.5 Å². The first kappa shape index (κ1) is 15.1. The maximum atomic E-state index is 11.0. The Morgan fingerprint density at radius 2 is 1.84 bits per heavy atom. The molecule has 4 aromatic rings. The Labute approximate surface area is 144 Å². The van der Waals surface area contributed by atoms with Gasteiger partial charge in [0.2, 0.25) is 0 Å². The highest BCUT2D eigenvalue weighted by atomic mass is 16.4. The monoisotopic (exact) mass is 329 g/mol. The lowest BCUT2D eigenvalue weighted by Gasteiger charge is -2.06. The molecule has 0 aliphatic rings. The van der Waals surface area contributed by atoms with Gasteiger partial charge in [0, 0.05) is 29.0 Å². The van der Waals surface area contributed by atoms with Gasteiger partial charge in [-0.3, -0.25) is 4.79 Å². The second-order valence-electron chi connectivity index (χ2n) is 5.74. The number of hydrogen-bond donors (Lipinski definition) is 1. The summed E-state index contributed by atoms with van der Waals surface area (Å²) in [5.41, 5.74) is 3.59. The highest BCUT2D eigenvalue weighted by Crippen LogP contribution is 2.25. The van der Waals surface area contributed by atoms with E-state index in [1.165, 1.54) is 0 Å². The molecule has 122 valence electrons. The molecule has 0 unspecified atom stereocenters. The summed E-state index contributed by atoms with van der Waals surface area (Å²) in [5, 5.41) is 10.0. The van der Waals surface area contributed by atoms with E-state index >= 15 is 0 Å². The number of rotatable bonds is 4. The van der Waals surface area contributed by atoms with Crippen molar-refractivity contribution >= 4 is 16.9 Å². The lowest BCUT2D eigenvalue weighted by atomic mass is 10.1. The lowest BCUT2D eigenvalue weighted by Crippen LogP contribution is -2.07. The molecule has 0 aliphatic heterocycles. The van der Waals surface area contributed by atoms with Gasteiger partial charge in [-0.15, -0.1) is 0 Å². The third kappa shape index (κ3) is 2.99. The van der Waals surface area contributed by atoms with Gasteiger partial charge in [0.15, 0.2) is 5.82 Å². The van der Waals surface area contributed by atoms with Gasteiger partial charge < -0.3 is 9.67 Å². The third-order valence-electron chi connectivity index (χ3n) is 4.06. The Kier molecular flexibility index (Phi) is 3.74. The van der Waals surface area contributed by atoms with Crippen LogP contribution in [0.1, 0.15) is 0 Å². The Morgan fingerprint density at radius 3 is 2.64 bits per heavy atom. The van der Waals surface area contributed by atoms with Crippen LogP contribution >= 0.6 is 0 Å². The molecule has 4 rings (SSSR count). The Bertz CT molecular complexity index is 1050. The quantitative estimate of drug-likeness (QED) is 0.617. The van der Waals surface area contributed by atoms with Gasteiger partial charge in [0.25, 0.3) is 0 Å². The van der Waals surface area contributed by atoms with Crippen LogP contribution in [0.4, 0.5) is 0 Å². The summed E-state index contributed by atoms with van der Waals surface area (Å²) in [5.74, 6) is -0.253. The minimum absolute atomic E-state index is 0.0716. The molecule has 0 bridgehead atoms. The normalized spacial score (nSPS) is 10.9. The van der Waals surface area contributed by atoms with Crippen LogP contribution in [-0.2, 0) is 11.3 Å². The minimum Gasteiger partial charge on any atom is -0.480 e. The SMILES string of the molecule is O=C(O)Cn1ccc2ccc(-c3nccc(-c4ccccc4)n3)cc21. The van der Waals surface area contributed by atoms with E-state index in [4.69, 9.17) is 5.11 Å². The molecule has 5 heteroatoms. The predicted octanol–water partition coefficient (Wildman–Crippen LogP) is 3.85. The molecule has 0 aliphatic carbocycles. The second kappa shape index (κ2) is 6.20. The fourth-order valence-electron chi connectivity index (χ4n) is 2.87. The van der Waals surface area contributed by atoms with Crippen molar-refractivity contribution in [3.05, 3.63) is 73.1 Å². The van der Waals surface area contributed by atoms with Crippen LogP contribution in [0.25, 0.3) is 33.5 Å². The topological polar surface area (TPSA) is 68.0 Å². The lowest BCUT2D eigenvalue weighted by molar-refractivity contribution is -0.137. The summed E-state index contributed by atoms with van der Waals surface area (Å²) < 4.78 is 1.71. The van der Waals surface area contributed by atoms with E-state index in [9.17, 15) is 4.79 Å². The van der Waals surface area contributed by atoms with Crippen LogP contribution < -0.4 is 0 Å². The molecule has 0 fully saturated rings. The number of fused-ring (bicyclic) bond motifs is 1. The van der Waals surface area contributed by atoms with E-state index in [1.807, 2.05) is 60.7 Å². The molecule has 0 radical (unpaired) electrons. The van der Waals surface area contributed by atoms with Crippen molar-refractivity contribution in [2.75, 3.05) is 0 Å². The van der Waals surface area contributed by atoms with E-state index in [0.717, 1.165) is 27.7 Å². The highest BCUT2D eigenvalue weighted by molar-refractivity contribution is 5.85. The van der Waals surface area contributed by atoms with Gasteiger partial charge >= 0.3 is 5.97 Å². The molecule has 2 aromatic carbocycles. The summed E-state index contributed by atoms with van der Waals surface area (Å²) in [6, 6.07) is 19.6. The maximum absolute atomic E-state index is 11.0. The Hall–Kier alpha value is -3.47. The van der Waals surface area contributed by atoms with Crippen molar-refractivity contribution in [3.8, 4) is 22.6 Å². The number of benzene rings is 2. The Morgan fingerprint density at radius 1 is 1.00 bits per heavy atom. The largest absolute Gasteiger partial charge is 0.480 e. The number of nitrogens with zero attached hydrogens (tertiary/aromatic N) is 3. The zero-order valence-electron chi connectivity index (χ0n) is 13.3.